The lowest BCUT2D eigenvalue weighted by Crippen LogP contribution is -2.36. The fourth-order valence-electron chi connectivity index (χ4n) is 1.33. The van der Waals surface area contributed by atoms with Gasteiger partial charge in [-0.3, -0.25) is 0 Å². The Kier molecular flexibility index (Phi) is 4.90. The fourth-order valence-corrected chi connectivity index (χ4v) is 1.33. The van der Waals surface area contributed by atoms with Crippen molar-refractivity contribution in [2.24, 2.45) is 5.92 Å². The maximum Gasteiger partial charge on any atom is 0.0494 e. The number of ether oxygens (including phenoxy) is 1. The molecular formula is C12H25NO. The van der Waals surface area contributed by atoms with Crippen molar-refractivity contribution in [3.8, 4) is 0 Å². The van der Waals surface area contributed by atoms with E-state index in [1.807, 2.05) is 0 Å². The van der Waals surface area contributed by atoms with Crippen LogP contribution in [-0.4, -0.2) is 25.3 Å². The molecule has 0 bridgehead atoms. The minimum Gasteiger partial charge on any atom is -0.381 e. The van der Waals surface area contributed by atoms with Gasteiger partial charge in [0.15, 0.2) is 0 Å². The van der Waals surface area contributed by atoms with E-state index in [1.165, 1.54) is 25.7 Å². The van der Waals surface area contributed by atoms with Crippen LogP contribution in [0.2, 0.25) is 0 Å². The van der Waals surface area contributed by atoms with Gasteiger partial charge in [-0.15, -0.1) is 0 Å². The smallest absolute Gasteiger partial charge is 0.0494 e. The van der Waals surface area contributed by atoms with Crippen LogP contribution in [0.3, 0.4) is 0 Å². The second-order valence-electron chi connectivity index (χ2n) is 5.40. The summed E-state index contributed by atoms with van der Waals surface area (Å²) < 4.78 is 5.56. The third-order valence-corrected chi connectivity index (χ3v) is 2.42. The van der Waals surface area contributed by atoms with Gasteiger partial charge < -0.3 is 10.1 Å². The van der Waals surface area contributed by atoms with Gasteiger partial charge in [-0.05, 0) is 58.9 Å². The highest BCUT2D eigenvalue weighted by Crippen LogP contribution is 2.28. The minimum atomic E-state index is 0.259. The van der Waals surface area contributed by atoms with Crippen molar-refractivity contribution < 1.29 is 4.74 Å². The molecule has 0 aromatic carbocycles. The Morgan fingerprint density at radius 2 is 1.93 bits per heavy atom. The van der Waals surface area contributed by atoms with Gasteiger partial charge in [0.25, 0.3) is 0 Å². The Morgan fingerprint density at radius 3 is 2.50 bits per heavy atom. The lowest BCUT2D eigenvalue weighted by molar-refractivity contribution is 0.120. The summed E-state index contributed by atoms with van der Waals surface area (Å²) in [5, 5.41) is 3.48. The third-order valence-electron chi connectivity index (χ3n) is 2.42. The van der Waals surface area contributed by atoms with Gasteiger partial charge in [0.1, 0.15) is 0 Å². The normalized spacial score (nSPS) is 17.4. The number of hydrogen-bond donors (Lipinski definition) is 1. The van der Waals surface area contributed by atoms with Crippen LogP contribution in [0.25, 0.3) is 0 Å². The van der Waals surface area contributed by atoms with Crippen LogP contribution in [0.15, 0.2) is 0 Å². The minimum absolute atomic E-state index is 0.259. The standard InChI is InChI=1S/C12H25NO/c1-12(2,3)13-8-4-5-9-14-10-11-6-7-11/h11,13H,4-10H2,1-3H3. The number of nitrogens with one attached hydrogen (secondary N) is 1. The Hall–Kier alpha value is -0.0800. The predicted octanol–water partition coefficient (Wildman–Crippen LogP) is 2.58. The average molecular weight is 199 g/mol. The van der Waals surface area contributed by atoms with Gasteiger partial charge >= 0.3 is 0 Å². The van der Waals surface area contributed by atoms with Crippen LogP contribution in [0.1, 0.15) is 46.5 Å². The zero-order valence-corrected chi connectivity index (χ0v) is 9.94. The van der Waals surface area contributed by atoms with Crippen LogP contribution in [0.5, 0.6) is 0 Å². The molecule has 2 nitrogen and oxygen atoms in total. The molecule has 0 radical (unpaired) electrons. The highest BCUT2D eigenvalue weighted by atomic mass is 16.5. The van der Waals surface area contributed by atoms with Gasteiger partial charge in [0, 0.05) is 18.8 Å². The molecule has 1 rings (SSSR count). The maximum absolute atomic E-state index is 5.56. The van der Waals surface area contributed by atoms with Crippen molar-refractivity contribution in [2.45, 2.75) is 52.0 Å². The van der Waals surface area contributed by atoms with Crippen LogP contribution in [-0.2, 0) is 4.74 Å². The first-order chi connectivity index (χ1) is 6.58. The fraction of sp³-hybridized carbons (Fsp3) is 1.00. The monoisotopic (exact) mass is 199 g/mol. The van der Waals surface area contributed by atoms with Crippen LogP contribution >= 0.6 is 0 Å². The Balaban J connectivity index is 1.75. The summed E-state index contributed by atoms with van der Waals surface area (Å²) in [5.41, 5.74) is 0.259. The number of unbranched alkanes of at least 4 members (excludes halogenated alkanes) is 1. The third kappa shape index (κ3) is 7.34. The first-order valence-corrected chi connectivity index (χ1v) is 5.91. The van der Waals surface area contributed by atoms with E-state index in [1.54, 1.807) is 0 Å². The summed E-state index contributed by atoms with van der Waals surface area (Å²) in [6.45, 7) is 9.68. The molecule has 84 valence electrons. The van der Waals surface area contributed by atoms with E-state index >= 15 is 0 Å². The summed E-state index contributed by atoms with van der Waals surface area (Å²) >= 11 is 0. The number of hydrogen-bond acceptors (Lipinski definition) is 2. The largest absolute Gasteiger partial charge is 0.381 e. The van der Waals surface area contributed by atoms with Crippen molar-refractivity contribution in [1.82, 2.24) is 5.32 Å². The molecular weight excluding hydrogens is 174 g/mol. The lowest BCUT2D eigenvalue weighted by atomic mass is 10.1. The quantitative estimate of drug-likeness (QED) is 0.636. The van der Waals surface area contributed by atoms with Crippen LogP contribution in [0, 0.1) is 5.92 Å². The summed E-state index contributed by atoms with van der Waals surface area (Å²) in [5.74, 6) is 0.905. The predicted molar refractivity (Wildman–Crippen MR) is 60.5 cm³/mol. The molecule has 0 aromatic heterocycles. The molecule has 0 saturated heterocycles. The summed E-state index contributed by atoms with van der Waals surface area (Å²) in [6, 6.07) is 0. The molecule has 1 aliphatic carbocycles. The molecule has 1 N–H and O–H groups in total. The first-order valence-electron chi connectivity index (χ1n) is 5.91. The highest BCUT2D eigenvalue weighted by Gasteiger charge is 2.20. The van der Waals surface area contributed by atoms with E-state index in [0.29, 0.717) is 0 Å². The van der Waals surface area contributed by atoms with Crippen molar-refractivity contribution in [3.63, 3.8) is 0 Å². The lowest BCUT2D eigenvalue weighted by Gasteiger charge is -2.20. The van der Waals surface area contributed by atoms with Crippen molar-refractivity contribution >= 4 is 0 Å². The van der Waals surface area contributed by atoms with Crippen LogP contribution < -0.4 is 5.32 Å². The maximum atomic E-state index is 5.56. The van der Waals surface area contributed by atoms with E-state index in [9.17, 15) is 0 Å². The zero-order chi connectivity index (χ0) is 10.4. The van der Waals surface area contributed by atoms with Gasteiger partial charge in [0.2, 0.25) is 0 Å². The highest BCUT2D eigenvalue weighted by molar-refractivity contribution is 4.72. The van der Waals surface area contributed by atoms with Crippen LogP contribution in [0.4, 0.5) is 0 Å². The Morgan fingerprint density at radius 1 is 1.21 bits per heavy atom. The van der Waals surface area contributed by atoms with E-state index in [2.05, 4.69) is 26.1 Å². The van der Waals surface area contributed by atoms with Gasteiger partial charge in [-0.1, -0.05) is 0 Å². The molecule has 0 atom stereocenters. The number of rotatable bonds is 7. The second kappa shape index (κ2) is 5.72. The average Bonchev–Trinajstić information content (AvgIpc) is 2.84. The second-order valence-corrected chi connectivity index (χ2v) is 5.40. The van der Waals surface area contributed by atoms with E-state index in [-0.39, 0.29) is 5.54 Å². The van der Waals surface area contributed by atoms with E-state index in [4.69, 9.17) is 4.74 Å². The zero-order valence-electron chi connectivity index (χ0n) is 9.94. The molecule has 1 fully saturated rings. The van der Waals surface area contributed by atoms with E-state index < -0.39 is 0 Å². The van der Waals surface area contributed by atoms with Crippen molar-refractivity contribution in [1.29, 1.82) is 0 Å². The molecule has 0 aromatic rings. The Labute approximate surface area is 88.4 Å². The molecule has 1 aliphatic rings. The summed E-state index contributed by atoms with van der Waals surface area (Å²) in [7, 11) is 0. The molecule has 0 spiro atoms. The van der Waals surface area contributed by atoms with Gasteiger partial charge in [0.05, 0.1) is 0 Å². The Bertz CT molecular complexity index is 147. The van der Waals surface area contributed by atoms with E-state index in [0.717, 1.165) is 25.7 Å². The molecule has 1 saturated carbocycles. The van der Waals surface area contributed by atoms with Gasteiger partial charge in [-0.2, -0.15) is 0 Å². The van der Waals surface area contributed by atoms with Crippen molar-refractivity contribution in [2.75, 3.05) is 19.8 Å². The molecule has 14 heavy (non-hydrogen) atoms. The SMILES string of the molecule is CC(C)(C)NCCCCOCC1CC1. The molecule has 0 aliphatic heterocycles. The first kappa shape index (κ1) is 12.0. The molecule has 2 heteroatoms. The molecule has 0 amide bonds. The summed E-state index contributed by atoms with van der Waals surface area (Å²) in [6.07, 6.45) is 5.20. The molecule has 0 heterocycles. The topological polar surface area (TPSA) is 21.3 Å². The summed E-state index contributed by atoms with van der Waals surface area (Å²) in [4.78, 5) is 0. The molecule has 0 unspecified atom stereocenters. The van der Waals surface area contributed by atoms with Crippen molar-refractivity contribution in [3.05, 3.63) is 0 Å². The van der Waals surface area contributed by atoms with Gasteiger partial charge in [-0.25, -0.2) is 0 Å².